The SMILES string of the molecule is COc1ccc2c(c1)CCCC2NC(=O)CN(c1ccccc1Cl)S(=O)(=O)c1ccccc1. The molecule has 1 aliphatic carbocycles. The predicted octanol–water partition coefficient (Wildman–Crippen LogP) is 4.74. The summed E-state index contributed by atoms with van der Waals surface area (Å²) in [4.78, 5) is 13.2. The minimum Gasteiger partial charge on any atom is -0.497 e. The van der Waals surface area contributed by atoms with E-state index < -0.39 is 15.9 Å². The molecule has 0 aromatic heterocycles. The number of hydrogen-bond donors (Lipinski definition) is 1. The van der Waals surface area contributed by atoms with Crippen LogP contribution in [-0.4, -0.2) is 28.0 Å². The van der Waals surface area contributed by atoms with E-state index in [0.29, 0.717) is 0 Å². The second kappa shape index (κ2) is 9.85. The van der Waals surface area contributed by atoms with Gasteiger partial charge in [0, 0.05) is 0 Å². The van der Waals surface area contributed by atoms with Gasteiger partial charge in [0.2, 0.25) is 5.91 Å². The molecule has 0 radical (unpaired) electrons. The lowest BCUT2D eigenvalue weighted by Crippen LogP contribution is -2.42. The fourth-order valence-electron chi connectivity index (χ4n) is 4.11. The lowest BCUT2D eigenvalue weighted by Gasteiger charge is -2.29. The average molecular weight is 485 g/mol. The van der Waals surface area contributed by atoms with Crippen molar-refractivity contribution in [3.63, 3.8) is 0 Å². The van der Waals surface area contributed by atoms with E-state index in [1.54, 1.807) is 49.6 Å². The maximum absolute atomic E-state index is 13.5. The number of methoxy groups -OCH3 is 1. The first kappa shape index (κ1) is 23.1. The molecule has 0 saturated carbocycles. The Labute approximate surface area is 199 Å². The molecule has 1 unspecified atom stereocenters. The number of rotatable bonds is 7. The summed E-state index contributed by atoms with van der Waals surface area (Å²) in [5, 5.41) is 3.28. The maximum Gasteiger partial charge on any atom is 0.264 e. The van der Waals surface area contributed by atoms with E-state index in [-0.39, 0.29) is 28.2 Å². The summed E-state index contributed by atoms with van der Waals surface area (Å²) in [5.41, 5.74) is 2.42. The van der Waals surface area contributed by atoms with Gasteiger partial charge in [0.15, 0.2) is 0 Å². The van der Waals surface area contributed by atoms with Gasteiger partial charge in [-0.25, -0.2) is 8.42 Å². The molecule has 8 heteroatoms. The molecule has 33 heavy (non-hydrogen) atoms. The number of halogens is 1. The van der Waals surface area contributed by atoms with Crippen LogP contribution in [0.5, 0.6) is 5.75 Å². The highest BCUT2D eigenvalue weighted by molar-refractivity contribution is 7.92. The Morgan fingerprint density at radius 2 is 1.82 bits per heavy atom. The highest BCUT2D eigenvalue weighted by Crippen LogP contribution is 2.33. The van der Waals surface area contributed by atoms with Crippen molar-refractivity contribution in [1.29, 1.82) is 0 Å². The van der Waals surface area contributed by atoms with E-state index in [2.05, 4.69) is 5.32 Å². The van der Waals surface area contributed by atoms with Crippen LogP contribution in [0.15, 0.2) is 77.7 Å². The Morgan fingerprint density at radius 3 is 2.55 bits per heavy atom. The standard InChI is InChI=1S/C25H25ClN2O4S/c1-32-19-14-15-21-18(16-19)8-7-12-23(21)27-25(29)17-28(24-13-6-5-11-22(24)26)33(30,31)20-9-3-2-4-10-20/h2-6,9-11,13-16,23H,7-8,12,17H2,1H3,(H,27,29). The summed E-state index contributed by atoms with van der Waals surface area (Å²) in [7, 11) is -2.39. The summed E-state index contributed by atoms with van der Waals surface area (Å²) in [6.07, 6.45) is 2.61. The second-order valence-corrected chi connectivity index (χ2v) is 10.1. The first-order chi connectivity index (χ1) is 15.9. The van der Waals surface area contributed by atoms with Crippen LogP contribution >= 0.6 is 11.6 Å². The van der Waals surface area contributed by atoms with Crippen molar-refractivity contribution < 1.29 is 17.9 Å². The second-order valence-electron chi connectivity index (χ2n) is 7.85. The summed E-state index contributed by atoms with van der Waals surface area (Å²) >= 11 is 6.33. The zero-order valence-electron chi connectivity index (χ0n) is 18.2. The Hall–Kier alpha value is -3.03. The predicted molar refractivity (Wildman–Crippen MR) is 129 cm³/mol. The largest absolute Gasteiger partial charge is 0.497 e. The van der Waals surface area contributed by atoms with Gasteiger partial charge in [-0.05, 0) is 66.8 Å². The Morgan fingerprint density at radius 1 is 1.09 bits per heavy atom. The van der Waals surface area contributed by atoms with Crippen LogP contribution < -0.4 is 14.4 Å². The molecule has 0 saturated heterocycles. The number of carbonyl (C=O) groups is 1. The number of anilines is 1. The Kier molecular flexibility index (Phi) is 6.91. The molecular weight excluding hydrogens is 460 g/mol. The Bertz CT molecular complexity index is 1250. The van der Waals surface area contributed by atoms with Crippen molar-refractivity contribution >= 4 is 33.2 Å². The van der Waals surface area contributed by atoms with Gasteiger partial charge in [-0.1, -0.05) is 48.0 Å². The van der Waals surface area contributed by atoms with E-state index in [1.807, 2.05) is 18.2 Å². The van der Waals surface area contributed by atoms with Crippen LogP contribution in [0.4, 0.5) is 5.69 Å². The van der Waals surface area contributed by atoms with E-state index in [1.165, 1.54) is 12.1 Å². The number of amides is 1. The quantitative estimate of drug-likeness (QED) is 0.525. The molecule has 1 amide bonds. The number of ether oxygens (including phenoxy) is 1. The van der Waals surface area contributed by atoms with Gasteiger partial charge in [0.1, 0.15) is 12.3 Å². The van der Waals surface area contributed by atoms with Crippen LogP contribution in [0.2, 0.25) is 5.02 Å². The van der Waals surface area contributed by atoms with Gasteiger partial charge in [0.25, 0.3) is 10.0 Å². The highest BCUT2D eigenvalue weighted by atomic mass is 35.5. The molecule has 3 aromatic carbocycles. The van der Waals surface area contributed by atoms with Crippen LogP contribution in [-0.2, 0) is 21.2 Å². The first-order valence-corrected chi connectivity index (χ1v) is 12.5. The molecule has 1 N–H and O–H groups in total. The number of nitrogens with zero attached hydrogens (tertiary/aromatic N) is 1. The fourth-order valence-corrected chi connectivity index (χ4v) is 5.86. The van der Waals surface area contributed by atoms with Crippen LogP contribution in [0.3, 0.4) is 0 Å². The molecular formula is C25H25ClN2O4S. The van der Waals surface area contributed by atoms with Crippen molar-refractivity contribution in [1.82, 2.24) is 5.32 Å². The third-order valence-corrected chi connectivity index (χ3v) is 7.83. The molecule has 4 rings (SSSR count). The number of nitrogens with one attached hydrogen (secondary N) is 1. The van der Waals surface area contributed by atoms with Gasteiger partial charge in [-0.15, -0.1) is 0 Å². The van der Waals surface area contributed by atoms with Crippen molar-refractivity contribution in [2.24, 2.45) is 0 Å². The summed E-state index contributed by atoms with van der Waals surface area (Å²) in [6.45, 7) is -0.386. The first-order valence-electron chi connectivity index (χ1n) is 10.7. The number of sulfonamides is 1. The monoisotopic (exact) mass is 484 g/mol. The van der Waals surface area contributed by atoms with E-state index in [4.69, 9.17) is 16.3 Å². The lowest BCUT2D eigenvalue weighted by molar-refractivity contribution is -0.120. The van der Waals surface area contributed by atoms with Gasteiger partial charge in [-0.2, -0.15) is 0 Å². The van der Waals surface area contributed by atoms with Gasteiger partial charge in [0.05, 0.1) is 28.8 Å². The van der Waals surface area contributed by atoms with Gasteiger partial charge >= 0.3 is 0 Å². The van der Waals surface area contributed by atoms with Crippen molar-refractivity contribution in [2.75, 3.05) is 18.0 Å². The summed E-state index contributed by atoms with van der Waals surface area (Å²) in [6, 6.07) is 20.3. The third kappa shape index (κ3) is 4.99. The van der Waals surface area contributed by atoms with Crippen molar-refractivity contribution in [3.8, 4) is 5.75 Å². The van der Waals surface area contributed by atoms with Gasteiger partial charge in [-0.3, -0.25) is 9.10 Å². The normalized spacial score (nSPS) is 15.4. The Balaban J connectivity index is 1.62. The molecule has 0 aliphatic heterocycles. The minimum atomic E-state index is -4.01. The molecule has 1 aliphatic rings. The zero-order valence-corrected chi connectivity index (χ0v) is 19.8. The number of hydrogen-bond acceptors (Lipinski definition) is 4. The van der Waals surface area contributed by atoms with E-state index in [0.717, 1.165) is 40.4 Å². The highest BCUT2D eigenvalue weighted by Gasteiger charge is 2.30. The lowest BCUT2D eigenvalue weighted by atomic mass is 9.87. The molecule has 3 aromatic rings. The molecule has 172 valence electrons. The summed E-state index contributed by atoms with van der Waals surface area (Å²) in [5.74, 6) is 0.377. The number of aryl methyl sites for hydroxylation is 1. The third-order valence-electron chi connectivity index (χ3n) is 5.74. The number of para-hydroxylation sites is 1. The fraction of sp³-hybridized carbons (Fsp3) is 0.240. The zero-order chi connectivity index (χ0) is 23.4. The van der Waals surface area contributed by atoms with E-state index in [9.17, 15) is 13.2 Å². The minimum absolute atomic E-state index is 0.0906. The molecule has 6 nitrogen and oxygen atoms in total. The molecule has 0 bridgehead atoms. The molecule has 0 fully saturated rings. The van der Waals surface area contributed by atoms with Crippen LogP contribution in [0.25, 0.3) is 0 Å². The molecule has 0 spiro atoms. The molecule has 1 atom stereocenters. The number of fused-ring (bicyclic) bond motifs is 1. The number of carbonyl (C=O) groups excluding carboxylic acids is 1. The summed E-state index contributed by atoms with van der Waals surface area (Å²) < 4.78 is 33.3. The van der Waals surface area contributed by atoms with E-state index >= 15 is 0 Å². The van der Waals surface area contributed by atoms with Crippen LogP contribution in [0, 0.1) is 0 Å². The van der Waals surface area contributed by atoms with Gasteiger partial charge < -0.3 is 10.1 Å². The average Bonchev–Trinajstić information content (AvgIpc) is 2.83. The van der Waals surface area contributed by atoms with Crippen molar-refractivity contribution in [2.45, 2.75) is 30.2 Å². The smallest absolute Gasteiger partial charge is 0.264 e. The topological polar surface area (TPSA) is 75.7 Å². The van der Waals surface area contributed by atoms with Crippen molar-refractivity contribution in [3.05, 3.63) is 88.9 Å². The maximum atomic E-state index is 13.5. The van der Waals surface area contributed by atoms with Crippen LogP contribution in [0.1, 0.15) is 30.0 Å². The number of benzene rings is 3. The molecule has 0 heterocycles.